The minimum absolute atomic E-state index is 0.0335. The molecule has 2 atom stereocenters. The van der Waals surface area contributed by atoms with Gasteiger partial charge in [-0.05, 0) is 37.4 Å². The van der Waals surface area contributed by atoms with Crippen molar-refractivity contribution in [1.29, 1.82) is 0 Å². The molecular formula is C15H20Cl2N2O2. The van der Waals surface area contributed by atoms with Crippen LogP contribution in [0.2, 0.25) is 10.0 Å². The predicted octanol–water partition coefficient (Wildman–Crippen LogP) is 3.02. The third-order valence-electron chi connectivity index (χ3n) is 3.99. The van der Waals surface area contributed by atoms with Gasteiger partial charge in [-0.3, -0.25) is 9.69 Å². The van der Waals surface area contributed by atoms with Crippen LogP contribution in [0, 0.1) is 5.92 Å². The predicted molar refractivity (Wildman–Crippen MR) is 85.9 cm³/mol. The number of rotatable bonds is 4. The molecule has 0 bridgehead atoms. The number of anilines is 1. The number of nitrogens with zero attached hydrogens (tertiary/aromatic N) is 1. The summed E-state index contributed by atoms with van der Waals surface area (Å²) in [6.45, 7) is 3.23. The van der Waals surface area contributed by atoms with Crippen LogP contribution in [0.5, 0.6) is 0 Å². The first kappa shape index (κ1) is 16.6. The standard InChI is InChI=1S/C15H20Cl2N2O2/c1-10-4-3-7-19(13(10)9-20)8-14(21)18-15-11(16)5-2-6-12(15)17/h2,5-6,10,13,20H,3-4,7-9H2,1H3,(H,18,21). The van der Waals surface area contributed by atoms with Crippen LogP contribution in [0.1, 0.15) is 19.8 Å². The summed E-state index contributed by atoms with van der Waals surface area (Å²) >= 11 is 12.1. The van der Waals surface area contributed by atoms with Gasteiger partial charge in [0.1, 0.15) is 0 Å². The molecule has 4 nitrogen and oxygen atoms in total. The Hall–Kier alpha value is -0.810. The van der Waals surface area contributed by atoms with E-state index in [1.807, 2.05) is 4.90 Å². The molecule has 2 unspecified atom stereocenters. The van der Waals surface area contributed by atoms with Gasteiger partial charge in [-0.1, -0.05) is 36.2 Å². The molecule has 1 aliphatic rings. The molecule has 0 aliphatic carbocycles. The van der Waals surface area contributed by atoms with Crippen LogP contribution in [0.3, 0.4) is 0 Å². The van der Waals surface area contributed by atoms with E-state index in [4.69, 9.17) is 23.2 Å². The van der Waals surface area contributed by atoms with Gasteiger partial charge in [0, 0.05) is 6.04 Å². The van der Waals surface area contributed by atoms with Gasteiger partial charge in [-0.25, -0.2) is 0 Å². The molecule has 0 spiro atoms. The Morgan fingerprint density at radius 3 is 2.71 bits per heavy atom. The van der Waals surface area contributed by atoms with Crippen molar-refractivity contribution in [3.63, 3.8) is 0 Å². The number of aliphatic hydroxyl groups excluding tert-OH is 1. The maximum absolute atomic E-state index is 12.2. The van der Waals surface area contributed by atoms with Gasteiger partial charge in [0.05, 0.1) is 28.9 Å². The van der Waals surface area contributed by atoms with Crippen molar-refractivity contribution < 1.29 is 9.90 Å². The highest BCUT2D eigenvalue weighted by Gasteiger charge is 2.29. The van der Waals surface area contributed by atoms with E-state index in [0.717, 1.165) is 19.4 Å². The summed E-state index contributed by atoms with van der Waals surface area (Å²) in [5.74, 6) is 0.220. The SMILES string of the molecule is CC1CCCN(CC(=O)Nc2c(Cl)cccc2Cl)C1CO. The normalized spacial score (nSPS) is 23.0. The van der Waals surface area contributed by atoms with Gasteiger partial charge in [0.15, 0.2) is 0 Å². The van der Waals surface area contributed by atoms with Crippen molar-refractivity contribution in [2.24, 2.45) is 5.92 Å². The van der Waals surface area contributed by atoms with E-state index in [0.29, 0.717) is 21.7 Å². The summed E-state index contributed by atoms with van der Waals surface area (Å²) in [7, 11) is 0. The third kappa shape index (κ3) is 4.10. The largest absolute Gasteiger partial charge is 0.395 e. The molecular weight excluding hydrogens is 311 g/mol. The number of carbonyl (C=O) groups excluding carboxylic acids is 1. The highest BCUT2D eigenvalue weighted by atomic mass is 35.5. The number of para-hydroxylation sites is 1. The zero-order chi connectivity index (χ0) is 15.4. The van der Waals surface area contributed by atoms with Gasteiger partial charge in [0.2, 0.25) is 5.91 Å². The van der Waals surface area contributed by atoms with Gasteiger partial charge in [0.25, 0.3) is 0 Å². The number of carbonyl (C=O) groups is 1. The first-order chi connectivity index (χ1) is 10.0. The van der Waals surface area contributed by atoms with Gasteiger partial charge in [-0.2, -0.15) is 0 Å². The van der Waals surface area contributed by atoms with Crippen LogP contribution < -0.4 is 5.32 Å². The van der Waals surface area contributed by atoms with Gasteiger partial charge < -0.3 is 10.4 Å². The molecule has 2 rings (SSSR count). The topological polar surface area (TPSA) is 52.6 Å². The molecule has 1 fully saturated rings. The summed E-state index contributed by atoms with van der Waals surface area (Å²) in [5, 5.41) is 13.1. The third-order valence-corrected chi connectivity index (χ3v) is 4.62. The fourth-order valence-corrected chi connectivity index (χ4v) is 3.30. The molecule has 2 N–H and O–H groups in total. The minimum Gasteiger partial charge on any atom is -0.395 e. The minimum atomic E-state index is -0.169. The molecule has 1 aromatic carbocycles. The average molecular weight is 331 g/mol. The van der Waals surface area contributed by atoms with Crippen LogP contribution in [0.4, 0.5) is 5.69 Å². The number of piperidine rings is 1. The Bertz CT molecular complexity index is 490. The lowest BCUT2D eigenvalue weighted by Crippen LogP contribution is -2.49. The van der Waals surface area contributed by atoms with Crippen molar-refractivity contribution in [3.05, 3.63) is 28.2 Å². The van der Waals surface area contributed by atoms with Crippen molar-refractivity contribution in [2.45, 2.75) is 25.8 Å². The molecule has 0 radical (unpaired) electrons. The van der Waals surface area contributed by atoms with Crippen molar-refractivity contribution in [1.82, 2.24) is 4.90 Å². The number of hydrogen-bond acceptors (Lipinski definition) is 3. The van der Waals surface area contributed by atoms with Crippen molar-refractivity contribution >= 4 is 34.8 Å². The van der Waals surface area contributed by atoms with Crippen LogP contribution >= 0.6 is 23.2 Å². The summed E-state index contributed by atoms with van der Waals surface area (Å²) in [6.07, 6.45) is 2.12. The average Bonchev–Trinajstić information content (AvgIpc) is 2.43. The summed E-state index contributed by atoms with van der Waals surface area (Å²) in [5.41, 5.74) is 0.441. The highest BCUT2D eigenvalue weighted by molar-refractivity contribution is 6.39. The monoisotopic (exact) mass is 330 g/mol. The van der Waals surface area contributed by atoms with E-state index >= 15 is 0 Å². The fraction of sp³-hybridized carbons (Fsp3) is 0.533. The van der Waals surface area contributed by atoms with Gasteiger partial charge in [-0.15, -0.1) is 0 Å². The number of benzene rings is 1. The quantitative estimate of drug-likeness (QED) is 0.892. The second kappa shape index (κ2) is 7.45. The van der Waals surface area contributed by atoms with E-state index < -0.39 is 0 Å². The Kier molecular flexibility index (Phi) is 5.88. The molecule has 1 heterocycles. The van der Waals surface area contributed by atoms with E-state index in [-0.39, 0.29) is 25.1 Å². The van der Waals surface area contributed by atoms with Crippen molar-refractivity contribution in [3.8, 4) is 0 Å². The first-order valence-corrected chi connectivity index (χ1v) is 7.87. The molecule has 0 saturated carbocycles. The maximum Gasteiger partial charge on any atom is 0.238 e. The number of aliphatic hydroxyl groups is 1. The van der Waals surface area contributed by atoms with Crippen LogP contribution in [0.15, 0.2) is 18.2 Å². The smallest absolute Gasteiger partial charge is 0.238 e. The highest BCUT2D eigenvalue weighted by Crippen LogP contribution is 2.30. The van der Waals surface area contributed by atoms with E-state index in [1.165, 1.54) is 0 Å². The van der Waals surface area contributed by atoms with Crippen LogP contribution in [-0.4, -0.2) is 41.7 Å². The summed E-state index contributed by atoms with van der Waals surface area (Å²) in [6, 6.07) is 5.13. The molecule has 1 aromatic rings. The van der Waals surface area contributed by atoms with Crippen LogP contribution in [-0.2, 0) is 4.79 Å². The molecule has 0 aromatic heterocycles. The Morgan fingerprint density at radius 2 is 2.10 bits per heavy atom. The Balaban J connectivity index is 2.01. The number of amides is 1. The van der Waals surface area contributed by atoms with Crippen molar-refractivity contribution in [2.75, 3.05) is 25.0 Å². The number of likely N-dealkylation sites (tertiary alicyclic amines) is 1. The lowest BCUT2D eigenvalue weighted by Gasteiger charge is -2.38. The molecule has 21 heavy (non-hydrogen) atoms. The molecule has 1 aliphatic heterocycles. The molecule has 116 valence electrons. The van der Waals surface area contributed by atoms with Gasteiger partial charge >= 0.3 is 0 Å². The van der Waals surface area contributed by atoms with E-state index in [1.54, 1.807) is 18.2 Å². The number of nitrogens with one attached hydrogen (secondary N) is 1. The Morgan fingerprint density at radius 1 is 1.43 bits per heavy atom. The fourth-order valence-electron chi connectivity index (χ4n) is 2.81. The Labute approximate surface area is 135 Å². The number of halogens is 2. The summed E-state index contributed by atoms with van der Waals surface area (Å²) < 4.78 is 0. The second-order valence-electron chi connectivity index (χ2n) is 5.48. The molecule has 1 amide bonds. The van der Waals surface area contributed by atoms with E-state index in [9.17, 15) is 9.90 Å². The zero-order valence-corrected chi connectivity index (χ0v) is 13.5. The van der Waals surface area contributed by atoms with Crippen LogP contribution in [0.25, 0.3) is 0 Å². The lowest BCUT2D eigenvalue weighted by atomic mass is 9.91. The van der Waals surface area contributed by atoms with E-state index in [2.05, 4.69) is 12.2 Å². The molecule has 6 heteroatoms. The molecule has 1 saturated heterocycles. The summed E-state index contributed by atoms with van der Waals surface area (Å²) in [4.78, 5) is 14.2. The first-order valence-electron chi connectivity index (χ1n) is 7.11. The lowest BCUT2D eigenvalue weighted by molar-refractivity contribution is -0.118. The second-order valence-corrected chi connectivity index (χ2v) is 6.30. The number of hydrogen-bond donors (Lipinski definition) is 2. The zero-order valence-electron chi connectivity index (χ0n) is 12.0. The maximum atomic E-state index is 12.2.